The zero-order valence-corrected chi connectivity index (χ0v) is 17.2. The summed E-state index contributed by atoms with van der Waals surface area (Å²) in [4.78, 5) is 3.77. The molecule has 0 radical (unpaired) electrons. The highest BCUT2D eigenvalue weighted by Gasteiger charge is 2.29. The van der Waals surface area contributed by atoms with Crippen molar-refractivity contribution in [2.75, 3.05) is 12.3 Å². The Kier molecular flexibility index (Phi) is 7.73. The molecular formula is C19H32FN3O3S. The van der Waals surface area contributed by atoms with Gasteiger partial charge >= 0.3 is 0 Å². The van der Waals surface area contributed by atoms with Crippen LogP contribution in [-0.4, -0.2) is 42.4 Å². The number of aliphatic hydroxyl groups excluding tert-OH is 1. The van der Waals surface area contributed by atoms with Gasteiger partial charge in [0.15, 0.2) is 0 Å². The van der Waals surface area contributed by atoms with Gasteiger partial charge in [0.25, 0.3) is 0 Å². The van der Waals surface area contributed by atoms with E-state index in [1.54, 1.807) is 6.92 Å². The van der Waals surface area contributed by atoms with E-state index in [1.807, 2.05) is 0 Å². The summed E-state index contributed by atoms with van der Waals surface area (Å²) >= 11 is 0. The predicted octanol–water partition coefficient (Wildman–Crippen LogP) is 2.51. The van der Waals surface area contributed by atoms with E-state index in [1.165, 1.54) is 12.3 Å². The first-order chi connectivity index (χ1) is 12.6. The van der Waals surface area contributed by atoms with Crippen molar-refractivity contribution in [3.05, 3.63) is 29.8 Å². The molecule has 0 spiro atoms. The lowest BCUT2D eigenvalue weighted by Gasteiger charge is -2.35. The molecule has 0 aliphatic heterocycles. The van der Waals surface area contributed by atoms with Gasteiger partial charge in [-0.25, -0.2) is 17.5 Å². The van der Waals surface area contributed by atoms with Crippen molar-refractivity contribution in [2.24, 2.45) is 5.92 Å². The number of halogens is 1. The summed E-state index contributed by atoms with van der Waals surface area (Å²) in [7, 11) is -3.14. The minimum Gasteiger partial charge on any atom is -0.387 e. The Hall–Kier alpha value is -1.09. The molecule has 1 atom stereocenters. The molecule has 0 saturated heterocycles. The number of hydrogen-bond donors (Lipinski definition) is 3. The van der Waals surface area contributed by atoms with E-state index < -0.39 is 21.9 Å². The summed E-state index contributed by atoms with van der Waals surface area (Å²) in [5.74, 6) is 0.177. The van der Waals surface area contributed by atoms with Gasteiger partial charge in [0, 0.05) is 29.9 Å². The highest BCUT2D eigenvalue weighted by Crippen LogP contribution is 2.31. The number of hydrogen-bond acceptors (Lipinski definition) is 5. The maximum Gasteiger partial charge on any atom is 0.211 e. The first kappa shape index (κ1) is 22.2. The van der Waals surface area contributed by atoms with Crippen molar-refractivity contribution in [1.82, 2.24) is 15.0 Å². The molecular weight excluding hydrogens is 369 g/mol. The molecule has 8 heteroatoms. The van der Waals surface area contributed by atoms with E-state index in [-0.39, 0.29) is 17.3 Å². The van der Waals surface area contributed by atoms with Gasteiger partial charge in [-0.2, -0.15) is 0 Å². The third-order valence-electron chi connectivity index (χ3n) is 5.26. The quantitative estimate of drug-likeness (QED) is 0.591. The zero-order chi connectivity index (χ0) is 20.1. The monoisotopic (exact) mass is 401 g/mol. The number of β-amino-alcohol motifs (C(OH)–C–C–N with tert-alkyl or cyclic N) is 1. The van der Waals surface area contributed by atoms with Crippen LogP contribution in [0.2, 0.25) is 0 Å². The fraction of sp³-hybridized carbons (Fsp3) is 0.737. The Morgan fingerprint density at radius 3 is 2.56 bits per heavy atom. The largest absolute Gasteiger partial charge is 0.387 e. The van der Waals surface area contributed by atoms with Crippen LogP contribution in [-0.2, 0) is 10.0 Å². The van der Waals surface area contributed by atoms with E-state index in [9.17, 15) is 17.9 Å². The highest BCUT2D eigenvalue weighted by molar-refractivity contribution is 7.89. The third-order valence-corrected chi connectivity index (χ3v) is 6.71. The highest BCUT2D eigenvalue weighted by atomic mass is 32.2. The maximum absolute atomic E-state index is 13.2. The van der Waals surface area contributed by atoms with E-state index in [4.69, 9.17) is 0 Å². The molecule has 27 heavy (non-hydrogen) atoms. The van der Waals surface area contributed by atoms with Gasteiger partial charge in [-0.3, -0.25) is 4.98 Å². The molecule has 154 valence electrons. The molecule has 3 N–H and O–H groups in total. The Bertz CT molecular complexity index is 704. The molecule has 1 saturated carbocycles. The Morgan fingerprint density at radius 1 is 1.30 bits per heavy atom. The molecule has 0 unspecified atom stereocenters. The van der Waals surface area contributed by atoms with Crippen LogP contribution in [0, 0.1) is 11.7 Å². The minimum absolute atomic E-state index is 0.0459. The second kappa shape index (κ2) is 9.41. The minimum atomic E-state index is -3.14. The zero-order valence-electron chi connectivity index (χ0n) is 16.4. The number of pyridine rings is 1. The predicted molar refractivity (Wildman–Crippen MR) is 104 cm³/mol. The van der Waals surface area contributed by atoms with Gasteiger partial charge < -0.3 is 10.4 Å². The molecule has 0 aromatic carbocycles. The van der Waals surface area contributed by atoms with Crippen molar-refractivity contribution in [3.8, 4) is 0 Å². The lowest BCUT2D eigenvalue weighted by molar-refractivity contribution is 0.149. The summed E-state index contributed by atoms with van der Waals surface area (Å²) in [6, 6.07) is 1.34. The van der Waals surface area contributed by atoms with Crippen LogP contribution in [0.25, 0.3) is 0 Å². The molecule has 1 aliphatic rings. The first-order valence-electron chi connectivity index (χ1n) is 9.64. The van der Waals surface area contributed by atoms with Crippen LogP contribution in [0.1, 0.15) is 64.5 Å². The molecule has 1 heterocycles. The fourth-order valence-electron chi connectivity index (χ4n) is 3.72. The van der Waals surface area contributed by atoms with Gasteiger partial charge in [-0.1, -0.05) is 0 Å². The molecule has 1 aromatic rings. The number of nitrogens with zero attached hydrogens (tertiary/aromatic N) is 1. The van der Waals surface area contributed by atoms with Crippen LogP contribution in [0.15, 0.2) is 18.5 Å². The van der Waals surface area contributed by atoms with Crippen LogP contribution in [0.4, 0.5) is 4.39 Å². The summed E-state index contributed by atoms with van der Waals surface area (Å²) < 4.78 is 39.4. The van der Waals surface area contributed by atoms with Gasteiger partial charge in [0.1, 0.15) is 5.82 Å². The van der Waals surface area contributed by atoms with Gasteiger partial charge in [-0.15, -0.1) is 0 Å². The van der Waals surface area contributed by atoms with Crippen molar-refractivity contribution in [2.45, 2.75) is 70.6 Å². The fourth-order valence-corrected chi connectivity index (χ4v) is 4.63. The number of aliphatic hydroxyl groups is 1. The van der Waals surface area contributed by atoms with Crippen LogP contribution in [0.3, 0.4) is 0 Å². The maximum atomic E-state index is 13.2. The number of aromatic nitrogens is 1. The normalized spacial score (nSPS) is 22.6. The summed E-state index contributed by atoms with van der Waals surface area (Å²) in [5, 5.41) is 13.6. The SMILES string of the molecule is CCS(=O)(=O)N[C@H]1CC[C@H](CC(C)(C)NC[C@H](O)c2cncc(F)c2)CC1. The van der Waals surface area contributed by atoms with Gasteiger partial charge in [-0.05, 0) is 64.9 Å². The first-order valence-corrected chi connectivity index (χ1v) is 11.3. The van der Waals surface area contributed by atoms with Gasteiger partial charge in [0.2, 0.25) is 10.0 Å². The number of sulfonamides is 1. The average molecular weight is 402 g/mol. The van der Waals surface area contributed by atoms with Crippen molar-refractivity contribution in [1.29, 1.82) is 0 Å². The molecule has 1 aromatic heterocycles. The average Bonchev–Trinajstić information content (AvgIpc) is 2.61. The van der Waals surface area contributed by atoms with Crippen molar-refractivity contribution >= 4 is 10.0 Å². The number of rotatable bonds is 9. The van der Waals surface area contributed by atoms with E-state index in [0.29, 0.717) is 18.0 Å². The Morgan fingerprint density at radius 2 is 1.96 bits per heavy atom. The Balaban J connectivity index is 1.78. The van der Waals surface area contributed by atoms with E-state index in [2.05, 4.69) is 28.9 Å². The molecule has 6 nitrogen and oxygen atoms in total. The van der Waals surface area contributed by atoms with Gasteiger partial charge in [0.05, 0.1) is 18.1 Å². The van der Waals surface area contributed by atoms with Crippen LogP contribution >= 0.6 is 0 Å². The standard InChI is InChI=1S/C19H32FN3O3S/c1-4-27(25,26)23-17-7-5-14(6-8-17)10-19(2,3)22-13-18(24)15-9-16(20)12-21-11-15/h9,11-12,14,17-18,22-24H,4-8,10,13H2,1-3H3/t14-,17-,18-/m0/s1. The topological polar surface area (TPSA) is 91.3 Å². The third kappa shape index (κ3) is 7.44. The molecule has 2 rings (SSSR count). The van der Waals surface area contributed by atoms with E-state index >= 15 is 0 Å². The van der Waals surface area contributed by atoms with Crippen LogP contribution < -0.4 is 10.0 Å². The van der Waals surface area contributed by atoms with Crippen molar-refractivity contribution in [3.63, 3.8) is 0 Å². The lowest BCUT2D eigenvalue weighted by Crippen LogP contribution is -2.44. The van der Waals surface area contributed by atoms with Crippen LogP contribution in [0.5, 0.6) is 0 Å². The second-order valence-electron chi connectivity index (χ2n) is 8.16. The van der Waals surface area contributed by atoms with E-state index in [0.717, 1.165) is 38.3 Å². The Labute approximate surface area is 162 Å². The van der Waals surface area contributed by atoms with Crippen molar-refractivity contribution < 1.29 is 17.9 Å². The molecule has 1 fully saturated rings. The lowest BCUT2D eigenvalue weighted by atomic mass is 9.79. The molecule has 1 aliphatic carbocycles. The second-order valence-corrected chi connectivity index (χ2v) is 10.2. The summed E-state index contributed by atoms with van der Waals surface area (Å²) in [6.45, 7) is 6.16. The summed E-state index contributed by atoms with van der Waals surface area (Å²) in [5.41, 5.74) is 0.282. The molecule has 0 amide bonds. The summed E-state index contributed by atoms with van der Waals surface area (Å²) in [6.07, 6.45) is 6.40. The smallest absolute Gasteiger partial charge is 0.211 e. The molecule has 0 bridgehead atoms. The number of nitrogens with one attached hydrogen (secondary N) is 2.